The summed E-state index contributed by atoms with van der Waals surface area (Å²) < 4.78 is 10.7. The molecule has 2 fully saturated rings. The van der Waals surface area contributed by atoms with Crippen LogP contribution in [0.1, 0.15) is 36.1 Å². The van der Waals surface area contributed by atoms with Gasteiger partial charge in [0, 0.05) is 15.9 Å². The number of halogens is 2. The summed E-state index contributed by atoms with van der Waals surface area (Å²) in [4.78, 5) is 0.310. The molecule has 110 valence electrons. The highest BCUT2D eigenvalue weighted by Gasteiger charge is 2.43. The molecule has 0 saturated heterocycles. The maximum Gasteiger partial charge on any atom is 0.162 e. The topological polar surface area (TPSA) is 18.5 Å². The molecule has 20 heavy (non-hydrogen) atoms. The predicted octanol–water partition coefficient (Wildman–Crippen LogP) is 5.23. The minimum atomic E-state index is 0.310. The second kappa shape index (κ2) is 5.76. The summed E-state index contributed by atoms with van der Waals surface area (Å²) >= 11 is 10.3. The molecule has 1 aromatic rings. The third-order valence-electron chi connectivity index (χ3n) is 4.97. The zero-order valence-corrected chi connectivity index (χ0v) is 14.2. The Morgan fingerprint density at radius 1 is 1.15 bits per heavy atom. The van der Waals surface area contributed by atoms with Gasteiger partial charge in [0.2, 0.25) is 0 Å². The van der Waals surface area contributed by atoms with Crippen molar-refractivity contribution >= 4 is 27.5 Å². The molecule has 4 heteroatoms. The first-order chi connectivity index (χ1) is 9.63. The molecule has 2 aliphatic rings. The molecule has 4 atom stereocenters. The van der Waals surface area contributed by atoms with Crippen LogP contribution in [0.25, 0.3) is 0 Å². The lowest BCUT2D eigenvalue weighted by atomic mass is 9.84. The Balaban J connectivity index is 1.89. The summed E-state index contributed by atoms with van der Waals surface area (Å²) in [5.41, 5.74) is 1.13. The molecule has 0 N–H and O–H groups in total. The van der Waals surface area contributed by atoms with Crippen LogP contribution in [0.5, 0.6) is 11.5 Å². The summed E-state index contributed by atoms with van der Waals surface area (Å²) in [7, 11) is 3.30. The zero-order valence-electron chi connectivity index (χ0n) is 11.9. The Hall–Kier alpha value is -0.410. The van der Waals surface area contributed by atoms with Gasteiger partial charge >= 0.3 is 0 Å². The van der Waals surface area contributed by atoms with Crippen molar-refractivity contribution in [3.8, 4) is 11.5 Å². The summed E-state index contributed by atoms with van der Waals surface area (Å²) in [6.07, 6.45) is 5.52. The zero-order chi connectivity index (χ0) is 14.3. The maximum atomic E-state index is 6.45. The fraction of sp³-hybridized carbons (Fsp3) is 0.625. The van der Waals surface area contributed by atoms with Gasteiger partial charge in [0.25, 0.3) is 0 Å². The van der Waals surface area contributed by atoms with Crippen molar-refractivity contribution in [1.29, 1.82) is 0 Å². The van der Waals surface area contributed by atoms with Crippen molar-refractivity contribution < 1.29 is 9.47 Å². The van der Waals surface area contributed by atoms with Gasteiger partial charge in [0.15, 0.2) is 11.5 Å². The smallest absolute Gasteiger partial charge is 0.162 e. The number of benzene rings is 1. The first-order valence-electron chi connectivity index (χ1n) is 7.19. The van der Waals surface area contributed by atoms with Crippen molar-refractivity contribution in [2.45, 2.75) is 30.5 Å². The first kappa shape index (κ1) is 14.5. The number of hydrogen-bond acceptors (Lipinski definition) is 2. The molecule has 0 aliphatic heterocycles. The number of ether oxygens (including phenoxy) is 2. The van der Waals surface area contributed by atoms with Gasteiger partial charge in [-0.2, -0.15) is 0 Å². The van der Waals surface area contributed by atoms with E-state index in [0.29, 0.717) is 16.5 Å². The SMILES string of the molecule is COc1cc(Cl)c(C(Br)C2CC3CCC2C3)cc1OC. The lowest BCUT2D eigenvalue weighted by molar-refractivity contribution is 0.327. The van der Waals surface area contributed by atoms with E-state index in [1.165, 1.54) is 25.7 Å². The van der Waals surface area contributed by atoms with E-state index in [-0.39, 0.29) is 0 Å². The molecule has 2 saturated carbocycles. The van der Waals surface area contributed by atoms with E-state index in [1.54, 1.807) is 14.2 Å². The quantitative estimate of drug-likeness (QED) is 0.685. The van der Waals surface area contributed by atoms with Crippen LogP contribution in [0.4, 0.5) is 0 Å². The Labute approximate surface area is 133 Å². The van der Waals surface area contributed by atoms with Crippen LogP contribution in [0, 0.1) is 17.8 Å². The minimum Gasteiger partial charge on any atom is -0.493 e. The molecule has 1 aromatic carbocycles. The lowest BCUT2D eigenvalue weighted by Crippen LogP contribution is -2.16. The van der Waals surface area contributed by atoms with Gasteiger partial charge in [0.05, 0.1) is 14.2 Å². The molecular formula is C16H20BrClO2. The highest BCUT2D eigenvalue weighted by molar-refractivity contribution is 9.09. The van der Waals surface area contributed by atoms with E-state index in [4.69, 9.17) is 21.1 Å². The van der Waals surface area contributed by atoms with Gasteiger partial charge in [-0.25, -0.2) is 0 Å². The van der Waals surface area contributed by atoms with Crippen LogP contribution in [0.3, 0.4) is 0 Å². The third kappa shape index (κ3) is 2.43. The average Bonchev–Trinajstić information content (AvgIpc) is 3.08. The van der Waals surface area contributed by atoms with Crippen LogP contribution in [0.15, 0.2) is 12.1 Å². The Morgan fingerprint density at radius 3 is 2.40 bits per heavy atom. The van der Waals surface area contributed by atoms with Gasteiger partial charge in [-0.1, -0.05) is 34.0 Å². The van der Waals surface area contributed by atoms with Crippen LogP contribution >= 0.6 is 27.5 Å². The van der Waals surface area contributed by atoms with Crippen molar-refractivity contribution in [3.63, 3.8) is 0 Å². The molecular weight excluding hydrogens is 340 g/mol. The first-order valence-corrected chi connectivity index (χ1v) is 8.49. The Bertz CT molecular complexity index is 505. The fourth-order valence-corrected chi connectivity index (χ4v) is 5.39. The fourth-order valence-electron chi connectivity index (χ4n) is 3.96. The maximum absolute atomic E-state index is 6.45. The number of methoxy groups -OCH3 is 2. The van der Waals surface area contributed by atoms with Gasteiger partial charge in [-0.3, -0.25) is 0 Å². The molecule has 2 bridgehead atoms. The van der Waals surface area contributed by atoms with Crippen LogP contribution in [-0.4, -0.2) is 14.2 Å². The number of hydrogen-bond donors (Lipinski definition) is 0. The molecule has 0 radical (unpaired) electrons. The van der Waals surface area contributed by atoms with E-state index in [1.807, 2.05) is 12.1 Å². The lowest BCUT2D eigenvalue weighted by Gasteiger charge is -2.28. The summed E-state index contributed by atoms with van der Waals surface area (Å²) in [5.74, 6) is 3.93. The van der Waals surface area contributed by atoms with E-state index in [0.717, 1.165) is 28.2 Å². The second-order valence-corrected chi connectivity index (χ2v) is 7.36. The van der Waals surface area contributed by atoms with Gasteiger partial charge in [0.1, 0.15) is 0 Å². The van der Waals surface area contributed by atoms with Gasteiger partial charge in [-0.15, -0.1) is 0 Å². The number of rotatable bonds is 4. The van der Waals surface area contributed by atoms with Crippen LogP contribution in [-0.2, 0) is 0 Å². The highest BCUT2D eigenvalue weighted by Crippen LogP contribution is 2.56. The predicted molar refractivity (Wildman–Crippen MR) is 85.2 cm³/mol. The third-order valence-corrected chi connectivity index (χ3v) is 6.47. The molecule has 0 aromatic heterocycles. The largest absolute Gasteiger partial charge is 0.493 e. The van der Waals surface area contributed by atoms with E-state index in [9.17, 15) is 0 Å². The molecule has 2 nitrogen and oxygen atoms in total. The van der Waals surface area contributed by atoms with Crippen LogP contribution in [0.2, 0.25) is 5.02 Å². The second-order valence-electron chi connectivity index (χ2n) is 5.97. The van der Waals surface area contributed by atoms with E-state index >= 15 is 0 Å². The number of alkyl halides is 1. The van der Waals surface area contributed by atoms with Crippen molar-refractivity contribution in [2.24, 2.45) is 17.8 Å². The summed E-state index contributed by atoms with van der Waals surface area (Å²) in [6.45, 7) is 0. The molecule has 3 rings (SSSR count). The van der Waals surface area contributed by atoms with Crippen molar-refractivity contribution in [1.82, 2.24) is 0 Å². The molecule has 0 spiro atoms. The molecule has 4 unspecified atom stereocenters. The Morgan fingerprint density at radius 2 is 1.85 bits per heavy atom. The summed E-state index contributed by atoms with van der Waals surface area (Å²) in [5, 5.41) is 0.757. The summed E-state index contributed by atoms with van der Waals surface area (Å²) in [6, 6.07) is 3.88. The minimum absolute atomic E-state index is 0.310. The van der Waals surface area contributed by atoms with Crippen molar-refractivity contribution in [2.75, 3.05) is 14.2 Å². The Kier molecular flexibility index (Phi) is 4.19. The highest BCUT2D eigenvalue weighted by atomic mass is 79.9. The monoisotopic (exact) mass is 358 g/mol. The molecule has 2 aliphatic carbocycles. The van der Waals surface area contributed by atoms with Crippen LogP contribution < -0.4 is 9.47 Å². The number of fused-ring (bicyclic) bond motifs is 2. The van der Waals surface area contributed by atoms with Gasteiger partial charge < -0.3 is 9.47 Å². The van der Waals surface area contributed by atoms with Gasteiger partial charge in [-0.05, 0) is 48.6 Å². The normalized spacial score (nSPS) is 29.5. The standard InChI is InChI=1S/C16H20BrClO2/c1-19-14-7-12(13(18)8-15(14)20-2)16(17)11-6-9-3-4-10(11)5-9/h7-11,16H,3-6H2,1-2H3. The van der Waals surface area contributed by atoms with Crippen molar-refractivity contribution in [3.05, 3.63) is 22.7 Å². The average molecular weight is 360 g/mol. The van der Waals surface area contributed by atoms with E-state index in [2.05, 4.69) is 15.9 Å². The van der Waals surface area contributed by atoms with E-state index < -0.39 is 0 Å². The molecule has 0 heterocycles. The molecule has 0 amide bonds.